The molecule has 0 amide bonds. The Balaban J connectivity index is 1.60. The number of halogens is 1. The maximum atomic E-state index is 14.2. The quantitative estimate of drug-likeness (QED) is 0.359. The Labute approximate surface area is 206 Å². The maximum Gasteiger partial charge on any atom is 0.164 e. The second-order valence-corrected chi connectivity index (χ2v) is 8.68. The minimum atomic E-state index is -0.581. The number of para-hydroxylation sites is 1. The van der Waals surface area contributed by atoms with E-state index >= 15 is 0 Å². The van der Waals surface area contributed by atoms with Crippen molar-refractivity contribution in [1.29, 1.82) is 0 Å². The van der Waals surface area contributed by atoms with E-state index in [4.69, 9.17) is 15.6 Å². The van der Waals surface area contributed by atoms with Crippen LogP contribution < -0.4 is 10.5 Å². The number of nitrogens with zero attached hydrogens (tertiary/aromatic N) is 4. The first-order valence-corrected chi connectivity index (χ1v) is 11.5. The average molecular weight is 480 g/mol. The molecular formula is C28H22FN5O2. The molecule has 6 rings (SSSR count). The number of nitrogen functional groups attached to an aromatic ring is 1. The maximum absolute atomic E-state index is 14.2. The summed E-state index contributed by atoms with van der Waals surface area (Å²) in [5, 5.41) is 15.3. The minimum Gasteiger partial charge on any atom is -0.508 e. The zero-order chi connectivity index (χ0) is 24.8. The van der Waals surface area contributed by atoms with Gasteiger partial charge in [-0.25, -0.2) is 19.0 Å². The van der Waals surface area contributed by atoms with Crippen LogP contribution in [0.1, 0.15) is 24.1 Å². The van der Waals surface area contributed by atoms with Gasteiger partial charge in [0.25, 0.3) is 0 Å². The molecular weight excluding hydrogens is 457 g/mol. The molecule has 1 unspecified atom stereocenters. The molecule has 1 aliphatic rings. The number of phenolic OH excluding ortho intramolecular Hbond substituents is 1. The Morgan fingerprint density at radius 1 is 1.00 bits per heavy atom. The molecule has 5 aromatic rings. The summed E-state index contributed by atoms with van der Waals surface area (Å²) in [5.41, 5.74) is 11.7. The van der Waals surface area contributed by atoms with Crippen LogP contribution in [0, 0.1) is 5.82 Å². The van der Waals surface area contributed by atoms with Gasteiger partial charge in [-0.1, -0.05) is 48.5 Å². The lowest BCUT2D eigenvalue weighted by molar-refractivity contribution is 0.327. The van der Waals surface area contributed by atoms with Crippen LogP contribution in [0.25, 0.3) is 27.9 Å². The molecule has 0 saturated heterocycles. The van der Waals surface area contributed by atoms with Gasteiger partial charge in [-0.2, -0.15) is 5.10 Å². The van der Waals surface area contributed by atoms with Gasteiger partial charge in [-0.3, -0.25) is 0 Å². The van der Waals surface area contributed by atoms with Crippen molar-refractivity contribution in [2.24, 2.45) is 0 Å². The number of hydrogen-bond acceptors (Lipinski definition) is 6. The average Bonchev–Trinajstić information content (AvgIpc) is 3.29. The zero-order valence-corrected chi connectivity index (χ0v) is 19.4. The number of anilines is 1. The number of aromatic nitrogens is 4. The van der Waals surface area contributed by atoms with Gasteiger partial charge in [0.05, 0.1) is 11.4 Å². The molecule has 1 atom stereocenters. The lowest BCUT2D eigenvalue weighted by Crippen LogP contribution is -2.21. The summed E-state index contributed by atoms with van der Waals surface area (Å²) in [6, 6.07) is 21.6. The molecule has 7 nitrogen and oxygen atoms in total. The van der Waals surface area contributed by atoms with Gasteiger partial charge in [0.15, 0.2) is 5.65 Å². The van der Waals surface area contributed by atoms with Crippen LogP contribution in [0.4, 0.5) is 10.2 Å². The molecule has 0 bridgehead atoms. The first-order chi connectivity index (χ1) is 17.5. The van der Waals surface area contributed by atoms with Gasteiger partial charge in [0.2, 0.25) is 0 Å². The number of hydrogen-bond donors (Lipinski definition) is 2. The first kappa shape index (κ1) is 21.8. The van der Waals surface area contributed by atoms with E-state index in [9.17, 15) is 9.50 Å². The molecule has 8 heteroatoms. The monoisotopic (exact) mass is 479 g/mol. The number of rotatable bonds is 4. The number of phenols is 1. The molecule has 3 aromatic carbocycles. The molecule has 0 spiro atoms. The normalized spacial score (nSPS) is 13.9. The summed E-state index contributed by atoms with van der Waals surface area (Å²) in [5.74, 6) is 0.255. The summed E-state index contributed by atoms with van der Waals surface area (Å²) >= 11 is 0. The Hall–Kier alpha value is -4.72. The molecule has 3 N–H and O–H groups in total. The van der Waals surface area contributed by atoms with Gasteiger partial charge < -0.3 is 15.6 Å². The van der Waals surface area contributed by atoms with Crippen molar-refractivity contribution in [3.8, 4) is 22.8 Å². The highest BCUT2D eigenvalue weighted by atomic mass is 19.1. The van der Waals surface area contributed by atoms with Crippen LogP contribution in [0.15, 0.2) is 84.7 Å². The molecule has 0 fully saturated rings. The van der Waals surface area contributed by atoms with Crippen LogP contribution in [-0.4, -0.2) is 31.5 Å². The largest absolute Gasteiger partial charge is 0.508 e. The fourth-order valence-corrected chi connectivity index (χ4v) is 4.80. The lowest BCUT2D eigenvalue weighted by atomic mass is 9.88. The summed E-state index contributed by atoms with van der Waals surface area (Å²) in [6.07, 6.45) is 1.38. The van der Waals surface area contributed by atoms with Crippen LogP contribution in [0.5, 0.6) is 11.5 Å². The van der Waals surface area contributed by atoms with Crippen molar-refractivity contribution in [2.75, 3.05) is 12.3 Å². The van der Waals surface area contributed by atoms with E-state index in [1.54, 1.807) is 4.68 Å². The third-order valence-corrected chi connectivity index (χ3v) is 6.47. The molecule has 178 valence electrons. The predicted octanol–water partition coefficient (Wildman–Crippen LogP) is 5.38. The van der Waals surface area contributed by atoms with E-state index in [-0.39, 0.29) is 17.6 Å². The van der Waals surface area contributed by atoms with E-state index in [2.05, 4.69) is 22.1 Å². The fraction of sp³-hybridized carbons (Fsp3) is 0.107. The molecule has 0 aliphatic carbocycles. The number of benzene rings is 3. The van der Waals surface area contributed by atoms with Crippen LogP contribution >= 0.6 is 0 Å². The van der Waals surface area contributed by atoms with E-state index in [1.807, 2.05) is 49.4 Å². The molecule has 36 heavy (non-hydrogen) atoms. The number of ether oxygens (including phenoxy) is 1. The van der Waals surface area contributed by atoms with Crippen molar-refractivity contribution in [3.63, 3.8) is 0 Å². The van der Waals surface area contributed by atoms with Crippen molar-refractivity contribution in [2.45, 2.75) is 13.0 Å². The van der Waals surface area contributed by atoms with Gasteiger partial charge in [0.1, 0.15) is 41.8 Å². The highest BCUT2D eigenvalue weighted by Gasteiger charge is 2.29. The van der Waals surface area contributed by atoms with Gasteiger partial charge >= 0.3 is 0 Å². The van der Waals surface area contributed by atoms with Crippen molar-refractivity contribution in [3.05, 3.63) is 102 Å². The van der Waals surface area contributed by atoms with Gasteiger partial charge in [-0.15, -0.1) is 0 Å². The highest BCUT2D eigenvalue weighted by Crippen LogP contribution is 2.42. The first-order valence-electron chi connectivity index (χ1n) is 11.5. The van der Waals surface area contributed by atoms with Crippen molar-refractivity contribution in [1.82, 2.24) is 19.7 Å². The topological polar surface area (TPSA) is 99.1 Å². The summed E-state index contributed by atoms with van der Waals surface area (Å²) < 4.78 is 22.1. The fourth-order valence-electron chi connectivity index (χ4n) is 4.80. The van der Waals surface area contributed by atoms with Crippen LogP contribution in [-0.2, 0) is 0 Å². The zero-order valence-electron chi connectivity index (χ0n) is 19.4. The number of nitrogens with two attached hydrogens (primary N) is 1. The van der Waals surface area contributed by atoms with E-state index in [0.29, 0.717) is 28.9 Å². The summed E-state index contributed by atoms with van der Waals surface area (Å²) in [7, 11) is 0. The Morgan fingerprint density at radius 3 is 2.58 bits per heavy atom. The smallest absolute Gasteiger partial charge is 0.164 e. The molecule has 0 saturated carbocycles. The second-order valence-electron chi connectivity index (χ2n) is 8.68. The standard InChI is InChI=1S/C28H22FN5O2/c1-16(22-14-36-23-10-6-5-9-21(23)24(22)17-7-3-2-4-8-17)34-28-25(27(30)31-15-32-28)26(33-34)18-11-19(29)13-20(35)12-18/h2-13,15-16,35H,14H2,1H3,(H2,30,31,32). The number of aromatic hydroxyl groups is 1. The van der Waals surface area contributed by atoms with E-state index < -0.39 is 5.82 Å². The molecule has 0 radical (unpaired) electrons. The predicted molar refractivity (Wildman–Crippen MR) is 136 cm³/mol. The van der Waals surface area contributed by atoms with Crippen molar-refractivity contribution < 1.29 is 14.2 Å². The molecule has 3 heterocycles. The summed E-state index contributed by atoms with van der Waals surface area (Å²) in [4.78, 5) is 8.62. The van der Waals surface area contributed by atoms with Crippen LogP contribution in [0.2, 0.25) is 0 Å². The number of fused-ring (bicyclic) bond motifs is 2. The van der Waals surface area contributed by atoms with Crippen LogP contribution in [0.3, 0.4) is 0 Å². The minimum absolute atomic E-state index is 0.206. The van der Waals surface area contributed by atoms with E-state index in [1.165, 1.54) is 18.5 Å². The third-order valence-electron chi connectivity index (χ3n) is 6.47. The molecule has 1 aliphatic heterocycles. The Bertz CT molecular complexity index is 1620. The Morgan fingerprint density at radius 2 is 1.78 bits per heavy atom. The third kappa shape index (κ3) is 3.54. The lowest BCUT2D eigenvalue weighted by Gasteiger charge is -2.28. The van der Waals surface area contributed by atoms with E-state index in [0.717, 1.165) is 34.1 Å². The Kier molecular flexibility index (Phi) is 5.14. The highest BCUT2D eigenvalue weighted by molar-refractivity contribution is 5.98. The second kappa shape index (κ2) is 8.49. The van der Waals surface area contributed by atoms with Gasteiger partial charge in [-0.05, 0) is 41.8 Å². The van der Waals surface area contributed by atoms with Crippen molar-refractivity contribution >= 4 is 22.4 Å². The van der Waals surface area contributed by atoms with Gasteiger partial charge in [0, 0.05) is 17.2 Å². The molecule has 2 aromatic heterocycles. The SMILES string of the molecule is CC(C1=C(c2ccccc2)c2ccccc2OC1)n1nc(-c2cc(O)cc(F)c2)c2c(N)ncnc21. The summed E-state index contributed by atoms with van der Waals surface area (Å²) in [6.45, 7) is 2.38.